The van der Waals surface area contributed by atoms with E-state index in [0.717, 1.165) is 6.26 Å². The van der Waals surface area contributed by atoms with Crippen LogP contribution in [0, 0.1) is 0 Å². The van der Waals surface area contributed by atoms with Crippen molar-refractivity contribution >= 4 is 9.84 Å². The monoisotopic (exact) mass is 188 g/mol. The summed E-state index contributed by atoms with van der Waals surface area (Å²) in [7, 11) is -1.73. The van der Waals surface area contributed by atoms with E-state index in [4.69, 9.17) is 4.74 Å². The minimum Gasteiger partial charge on any atom is -0.497 e. The van der Waals surface area contributed by atoms with Crippen LogP contribution >= 0.6 is 0 Å². The van der Waals surface area contributed by atoms with Gasteiger partial charge in [-0.15, -0.1) is 0 Å². The number of rotatable bonds is 4. The highest BCUT2D eigenvalue weighted by molar-refractivity contribution is 7.94. The van der Waals surface area contributed by atoms with Crippen molar-refractivity contribution in [2.75, 3.05) is 13.4 Å². The van der Waals surface area contributed by atoms with Crippen molar-refractivity contribution in [3.63, 3.8) is 0 Å². The summed E-state index contributed by atoms with van der Waals surface area (Å²) in [5, 5.41) is 0. The molecular formula is C8H12O3S. The highest BCUT2D eigenvalue weighted by Crippen LogP contribution is 2.04. The summed E-state index contributed by atoms with van der Waals surface area (Å²) in [4.78, 5) is 0.0423. The van der Waals surface area contributed by atoms with Crippen molar-refractivity contribution in [1.29, 1.82) is 0 Å². The van der Waals surface area contributed by atoms with Crippen molar-refractivity contribution in [3.05, 3.63) is 36.0 Å². The zero-order valence-corrected chi connectivity index (χ0v) is 8.02. The van der Waals surface area contributed by atoms with Gasteiger partial charge in [0.25, 0.3) is 0 Å². The van der Waals surface area contributed by atoms with Gasteiger partial charge in [-0.25, -0.2) is 8.42 Å². The molecule has 0 amide bonds. The third kappa shape index (κ3) is 3.98. The Hall–Kier alpha value is -1.03. The summed E-state index contributed by atoms with van der Waals surface area (Å²) in [6.07, 6.45) is 3.89. The quantitative estimate of drug-likeness (QED) is 0.493. The van der Waals surface area contributed by atoms with Crippen LogP contribution in [0.25, 0.3) is 0 Å². The minimum atomic E-state index is -3.18. The van der Waals surface area contributed by atoms with Crippen LogP contribution in [0.1, 0.15) is 0 Å². The fourth-order valence-corrected chi connectivity index (χ4v) is 0.693. The van der Waals surface area contributed by atoms with E-state index in [-0.39, 0.29) is 4.91 Å². The van der Waals surface area contributed by atoms with Gasteiger partial charge in [-0.2, -0.15) is 0 Å². The van der Waals surface area contributed by atoms with E-state index >= 15 is 0 Å². The number of allylic oxidation sites excluding steroid dienone is 2. The molecule has 0 N–H and O–H groups in total. The van der Waals surface area contributed by atoms with Crippen LogP contribution < -0.4 is 0 Å². The highest BCUT2D eigenvalue weighted by atomic mass is 32.2. The minimum absolute atomic E-state index is 0.0423. The molecule has 0 spiro atoms. The van der Waals surface area contributed by atoms with Crippen molar-refractivity contribution in [3.8, 4) is 0 Å². The van der Waals surface area contributed by atoms with E-state index in [1.165, 1.54) is 19.3 Å². The summed E-state index contributed by atoms with van der Waals surface area (Å²) in [6.45, 7) is 6.84. The van der Waals surface area contributed by atoms with E-state index in [1.807, 2.05) is 0 Å². The van der Waals surface area contributed by atoms with Gasteiger partial charge in [0.05, 0.1) is 12.0 Å². The van der Waals surface area contributed by atoms with Crippen LogP contribution in [0.3, 0.4) is 0 Å². The van der Waals surface area contributed by atoms with Crippen LogP contribution in [0.2, 0.25) is 0 Å². The Bertz CT molecular complexity index is 309. The molecule has 12 heavy (non-hydrogen) atoms. The van der Waals surface area contributed by atoms with Gasteiger partial charge in [-0.3, -0.25) is 0 Å². The average molecular weight is 188 g/mol. The number of hydrogen-bond acceptors (Lipinski definition) is 3. The highest BCUT2D eigenvalue weighted by Gasteiger charge is 2.03. The molecule has 0 aliphatic heterocycles. The molecule has 0 aromatic heterocycles. The second-order valence-electron chi connectivity index (χ2n) is 2.24. The fourth-order valence-electron chi connectivity index (χ4n) is 0.378. The van der Waals surface area contributed by atoms with E-state index in [1.54, 1.807) is 0 Å². The Morgan fingerprint density at radius 3 is 2.17 bits per heavy atom. The van der Waals surface area contributed by atoms with Gasteiger partial charge in [0.2, 0.25) is 0 Å². The first-order valence-corrected chi connectivity index (χ1v) is 5.07. The van der Waals surface area contributed by atoms with Gasteiger partial charge in [-0.1, -0.05) is 13.2 Å². The maximum absolute atomic E-state index is 10.8. The lowest BCUT2D eigenvalue weighted by Gasteiger charge is -1.97. The molecule has 0 atom stereocenters. The molecule has 0 aromatic rings. The summed E-state index contributed by atoms with van der Waals surface area (Å²) in [5.41, 5.74) is 0. The van der Waals surface area contributed by atoms with Crippen molar-refractivity contribution < 1.29 is 13.2 Å². The molecule has 3 nitrogen and oxygen atoms in total. The van der Waals surface area contributed by atoms with E-state index in [2.05, 4.69) is 13.2 Å². The number of methoxy groups -OCH3 is 1. The molecule has 0 aromatic carbocycles. The first kappa shape index (κ1) is 11.0. The molecule has 0 aliphatic carbocycles. The topological polar surface area (TPSA) is 43.4 Å². The van der Waals surface area contributed by atoms with Crippen molar-refractivity contribution in [2.24, 2.45) is 0 Å². The lowest BCUT2D eigenvalue weighted by molar-refractivity contribution is 0.309. The predicted molar refractivity (Wildman–Crippen MR) is 49.3 cm³/mol. The third-order valence-electron chi connectivity index (χ3n) is 1.19. The van der Waals surface area contributed by atoms with Gasteiger partial charge in [-0.05, 0) is 12.2 Å². The molecule has 0 heterocycles. The Kier molecular flexibility index (Phi) is 3.76. The number of hydrogen-bond donors (Lipinski definition) is 0. The predicted octanol–water partition coefficient (Wildman–Crippen LogP) is 1.26. The molecule has 0 unspecified atom stereocenters. The Balaban J connectivity index is 4.40. The summed E-state index contributed by atoms with van der Waals surface area (Å²) >= 11 is 0. The first-order chi connectivity index (χ1) is 5.38. The molecule has 0 radical (unpaired) electrons. The van der Waals surface area contributed by atoms with Gasteiger partial charge in [0.15, 0.2) is 9.84 Å². The first-order valence-electron chi connectivity index (χ1n) is 3.18. The van der Waals surface area contributed by atoms with Gasteiger partial charge in [0.1, 0.15) is 5.76 Å². The molecule has 68 valence electrons. The van der Waals surface area contributed by atoms with Crippen molar-refractivity contribution in [1.82, 2.24) is 0 Å². The third-order valence-corrected chi connectivity index (χ3v) is 2.28. The van der Waals surface area contributed by atoms with Crippen LogP contribution in [-0.4, -0.2) is 21.8 Å². The standard InChI is InChI=1S/C8H12O3S/c1-7(11-3)5-6-8(2)12(4,9)10/h5-6H,1-2H2,3-4H3/b6-5-. The fraction of sp³-hybridized carbons (Fsp3) is 0.250. The second-order valence-corrected chi connectivity index (χ2v) is 4.31. The maximum Gasteiger partial charge on any atom is 0.174 e. The normalized spacial score (nSPS) is 11.5. The van der Waals surface area contributed by atoms with Crippen LogP contribution in [-0.2, 0) is 14.6 Å². The lowest BCUT2D eigenvalue weighted by Crippen LogP contribution is -1.96. The summed E-state index contributed by atoms with van der Waals surface area (Å²) in [6, 6.07) is 0. The van der Waals surface area contributed by atoms with Crippen LogP contribution in [0.4, 0.5) is 0 Å². The van der Waals surface area contributed by atoms with E-state index in [9.17, 15) is 8.42 Å². The number of ether oxygens (including phenoxy) is 1. The van der Waals surface area contributed by atoms with Gasteiger partial charge in [0, 0.05) is 6.26 Å². The van der Waals surface area contributed by atoms with Crippen LogP contribution in [0.15, 0.2) is 36.0 Å². The zero-order valence-electron chi connectivity index (χ0n) is 7.20. The molecule has 4 heteroatoms. The van der Waals surface area contributed by atoms with Crippen molar-refractivity contribution in [2.45, 2.75) is 0 Å². The molecule has 0 aliphatic rings. The van der Waals surface area contributed by atoms with Crippen LogP contribution in [0.5, 0.6) is 0 Å². The zero-order chi connectivity index (χ0) is 9.78. The molecule has 0 saturated carbocycles. The van der Waals surface area contributed by atoms with Gasteiger partial charge < -0.3 is 4.74 Å². The van der Waals surface area contributed by atoms with Gasteiger partial charge >= 0.3 is 0 Å². The second kappa shape index (κ2) is 4.11. The van der Waals surface area contributed by atoms with E-state index in [0.29, 0.717) is 5.76 Å². The Labute approximate surface area is 73.0 Å². The number of sulfone groups is 1. The molecule has 0 saturated heterocycles. The Morgan fingerprint density at radius 2 is 1.83 bits per heavy atom. The summed E-state index contributed by atoms with van der Waals surface area (Å²) < 4.78 is 26.3. The molecular weight excluding hydrogens is 176 g/mol. The molecule has 0 rings (SSSR count). The summed E-state index contributed by atoms with van der Waals surface area (Å²) in [5.74, 6) is 0.389. The molecule has 0 bridgehead atoms. The average Bonchev–Trinajstić information content (AvgIpc) is 1.97. The lowest BCUT2D eigenvalue weighted by atomic mass is 10.4. The largest absolute Gasteiger partial charge is 0.497 e. The molecule has 0 fully saturated rings. The smallest absolute Gasteiger partial charge is 0.174 e. The SMILES string of the molecule is C=C(/C=C\C(=C)S(C)(=O)=O)OC. The Morgan fingerprint density at radius 1 is 1.33 bits per heavy atom. The maximum atomic E-state index is 10.8. The van der Waals surface area contributed by atoms with E-state index < -0.39 is 9.84 Å².